The monoisotopic (exact) mass is 371 g/mol. The lowest BCUT2D eigenvalue weighted by molar-refractivity contribution is 0.102. The van der Waals surface area contributed by atoms with Crippen LogP contribution in [0.5, 0.6) is 0 Å². The van der Waals surface area contributed by atoms with Crippen LogP contribution >= 0.6 is 22.9 Å². The predicted octanol–water partition coefficient (Wildman–Crippen LogP) is 5.28. The first kappa shape index (κ1) is 17.5. The number of para-hydroxylation sites is 1. The van der Waals surface area contributed by atoms with E-state index in [2.05, 4.69) is 15.6 Å². The van der Waals surface area contributed by atoms with Crippen molar-refractivity contribution in [2.24, 2.45) is 0 Å². The third-order valence-corrected chi connectivity index (χ3v) is 5.03. The molecule has 0 aliphatic heterocycles. The van der Waals surface area contributed by atoms with Gasteiger partial charge in [0.15, 0.2) is 4.47 Å². The van der Waals surface area contributed by atoms with Crippen LogP contribution in [-0.4, -0.2) is 10.9 Å². The summed E-state index contributed by atoms with van der Waals surface area (Å²) in [6, 6.07) is 13.3. The number of amides is 1. The molecule has 0 radical (unpaired) electrons. The van der Waals surface area contributed by atoms with Crippen molar-refractivity contribution in [3.63, 3.8) is 0 Å². The lowest BCUT2D eigenvalue weighted by Crippen LogP contribution is -2.14. The Balaban J connectivity index is 1.74. The molecule has 2 N–H and O–H groups in total. The molecule has 1 heterocycles. The predicted molar refractivity (Wildman–Crippen MR) is 105 cm³/mol. The zero-order chi connectivity index (χ0) is 17.8. The van der Waals surface area contributed by atoms with Crippen molar-refractivity contribution in [1.82, 2.24) is 4.98 Å². The van der Waals surface area contributed by atoms with Crippen LogP contribution in [0.25, 0.3) is 0 Å². The van der Waals surface area contributed by atoms with Gasteiger partial charge in [-0.1, -0.05) is 29.8 Å². The summed E-state index contributed by atoms with van der Waals surface area (Å²) >= 11 is 7.27. The minimum absolute atomic E-state index is 0.145. The van der Waals surface area contributed by atoms with Crippen LogP contribution in [0.15, 0.2) is 48.7 Å². The molecule has 0 aliphatic rings. The van der Waals surface area contributed by atoms with E-state index in [4.69, 9.17) is 11.6 Å². The van der Waals surface area contributed by atoms with Crippen LogP contribution in [0.3, 0.4) is 0 Å². The number of hydrogen-bond acceptors (Lipinski definition) is 4. The van der Waals surface area contributed by atoms with Gasteiger partial charge in [-0.3, -0.25) is 4.79 Å². The number of nitrogens with zero attached hydrogens (tertiary/aromatic N) is 1. The van der Waals surface area contributed by atoms with Crippen molar-refractivity contribution < 1.29 is 4.79 Å². The Morgan fingerprint density at radius 1 is 1.16 bits per heavy atom. The average Bonchev–Trinajstić information content (AvgIpc) is 3.02. The molecule has 0 bridgehead atoms. The fourth-order valence-electron chi connectivity index (χ4n) is 2.40. The van der Waals surface area contributed by atoms with Gasteiger partial charge in [0.2, 0.25) is 0 Å². The normalized spacial score (nSPS) is 10.5. The van der Waals surface area contributed by atoms with E-state index in [9.17, 15) is 4.79 Å². The molecule has 2 aromatic carbocycles. The number of rotatable bonds is 5. The van der Waals surface area contributed by atoms with Gasteiger partial charge in [0.05, 0.1) is 12.1 Å². The molecule has 0 saturated carbocycles. The third-order valence-electron chi connectivity index (χ3n) is 3.91. The van der Waals surface area contributed by atoms with Crippen molar-refractivity contribution >= 4 is 40.2 Å². The highest BCUT2D eigenvalue weighted by molar-refractivity contribution is 7.15. The number of carbonyl (C=O) groups is 1. The first-order valence-electron chi connectivity index (χ1n) is 7.84. The number of thiazole rings is 1. The van der Waals surface area contributed by atoms with E-state index in [1.165, 1.54) is 16.9 Å². The van der Waals surface area contributed by atoms with Gasteiger partial charge in [0, 0.05) is 22.4 Å². The van der Waals surface area contributed by atoms with Crippen LogP contribution in [0, 0.1) is 13.8 Å². The molecule has 0 aliphatic carbocycles. The van der Waals surface area contributed by atoms with Crippen molar-refractivity contribution in [2.75, 3.05) is 10.6 Å². The Morgan fingerprint density at radius 3 is 2.68 bits per heavy atom. The van der Waals surface area contributed by atoms with E-state index in [1.54, 1.807) is 12.3 Å². The summed E-state index contributed by atoms with van der Waals surface area (Å²) in [7, 11) is 0. The summed E-state index contributed by atoms with van der Waals surface area (Å²) in [6.07, 6.45) is 1.73. The van der Waals surface area contributed by atoms with Gasteiger partial charge in [-0.15, -0.1) is 11.3 Å². The summed E-state index contributed by atoms with van der Waals surface area (Å²) in [5.41, 5.74) is 4.50. The van der Waals surface area contributed by atoms with Gasteiger partial charge in [0.1, 0.15) is 0 Å². The van der Waals surface area contributed by atoms with Crippen LogP contribution in [0.2, 0.25) is 4.47 Å². The van der Waals surface area contributed by atoms with Gasteiger partial charge in [0.25, 0.3) is 5.91 Å². The van der Waals surface area contributed by atoms with E-state index < -0.39 is 0 Å². The van der Waals surface area contributed by atoms with Crippen molar-refractivity contribution in [2.45, 2.75) is 20.4 Å². The maximum absolute atomic E-state index is 12.7. The zero-order valence-electron chi connectivity index (χ0n) is 14.0. The Bertz CT molecular complexity index is 907. The van der Waals surface area contributed by atoms with E-state index in [0.717, 1.165) is 21.8 Å². The molecule has 1 aromatic heterocycles. The second-order valence-electron chi connectivity index (χ2n) is 5.73. The van der Waals surface area contributed by atoms with Crippen LogP contribution in [-0.2, 0) is 6.54 Å². The van der Waals surface area contributed by atoms with Crippen molar-refractivity contribution in [3.05, 3.63) is 74.7 Å². The fraction of sp³-hybridized carbons (Fsp3) is 0.158. The maximum Gasteiger partial charge on any atom is 0.257 e. The molecule has 3 aromatic rings. The summed E-state index contributed by atoms with van der Waals surface area (Å²) < 4.78 is 0.512. The summed E-state index contributed by atoms with van der Waals surface area (Å²) in [5, 5.41) is 6.24. The molecule has 0 spiro atoms. The van der Waals surface area contributed by atoms with Crippen LogP contribution < -0.4 is 10.6 Å². The Kier molecular flexibility index (Phi) is 5.36. The molecule has 1 amide bonds. The highest BCUT2D eigenvalue weighted by Gasteiger charge is 2.12. The van der Waals surface area contributed by atoms with Gasteiger partial charge in [-0.05, 0) is 49.2 Å². The van der Waals surface area contributed by atoms with Gasteiger partial charge in [-0.25, -0.2) is 4.98 Å². The number of halogens is 1. The number of carbonyl (C=O) groups excluding carboxylic acids is 1. The number of benzene rings is 2. The molecule has 0 unspecified atom stereocenters. The minimum Gasteiger partial charge on any atom is -0.379 e. The van der Waals surface area contributed by atoms with Crippen molar-refractivity contribution in [1.29, 1.82) is 0 Å². The highest BCUT2D eigenvalue weighted by Crippen LogP contribution is 2.22. The molecular weight excluding hydrogens is 354 g/mol. The van der Waals surface area contributed by atoms with E-state index in [1.807, 2.05) is 50.2 Å². The molecule has 6 heteroatoms. The number of aromatic nitrogens is 1. The zero-order valence-corrected chi connectivity index (χ0v) is 15.5. The minimum atomic E-state index is -0.145. The average molecular weight is 372 g/mol. The maximum atomic E-state index is 12.7. The molecular formula is C19H18ClN3OS. The summed E-state index contributed by atoms with van der Waals surface area (Å²) in [4.78, 5) is 17.7. The van der Waals surface area contributed by atoms with Crippen LogP contribution in [0.4, 0.5) is 11.4 Å². The highest BCUT2D eigenvalue weighted by atomic mass is 35.5. The summed E-state index contributed by atoms with van der Waals surface area (Å²) in [6.45, 7) is 4.64. The lowest BCUT2D eigenvalue weighted by atomic mass is 10.1. The van der Waals surface area contributed by atoms with E-state index in [-0.39, 0.29) is 5.91 Å². The SMILES string of the molecule is Cc1ccc(NC(=O)c2ccccc2NCc2cnc(Cl)s2)cc1C. The first-order chi connectivity index (χ1) is 12.0. The van der Waals surface area contributed by atoms with Gasteiger partial charge in [-0.2, -0.15) is 0 Å². The third kappa shape index (κ3) is 4.38. The smallest absolute Gasteiger partial charge is 0.257 e. The second-order valence-corrected chi connectivity index (χ2v) is 7.43. The van der Waals surface area contributed by atoms with Gasteiger partial charge < -0.3 is 10.6 Å². The largest absolute Gasteiger partial charge is 0.379 e. The number of nitrogens with one attached hydrogen (secondary N) is 2. The molecule has 25 heavy (non-hydrogen) atoms. The molecule has 3 rings (SSSR count). The van der Waals surface area contributed by atoms with E-state index >= 15 is 0 Å². The second kappa shape index (κ2) is 7.68. The number of aryl methyl sites for hydroxylation is 2. The lowest BCUT2D eigenvalue weighted by Gasteiger charge is -2.12. The summed E-state index contributed by atoms with van der Waals surface area (Å²) in [5.74, 6) is -0.145. The topological polar surface area (TPSA) is 54.0 Å². The Hall–Kier alpha value is -2.37. The van der Waals surface area contributed by atoms with E-state index in [0.29, 0.717) is 16.6 Å². The first-order valence-corrected chi connectivity index (χ1v) is 9.04. The molecule has 0 atom stereocenters. The Morgan fingerprint density at radius 2 is 1.96 bits per heavy atom. The fourth-order valence-corrected chi connectivity index (χ4v) is 3.32. The molecule has 128 valence electrons. The molecule has 0 saturated heterocycles. The standard InChI is InChI=1S/C19H18ClN3OS/c1-12-7-8-14(9-13(12)2)23-18(24)16-5-3-4-6-17(16)21-10-15-11-22-19(20)25-15/h3-9,11,21H,10H2,1-2H3,(H,23,24). The number of hydrogen-bond donors (Lipinski definition) is 2. The van der Waals surface area contributed by atoms with Crippen molar-refractivity contribution in [3.8, 4) is 0 Å². The molecule has 4 nitrogen and oxygen atoms in total. The Labute approximate surface area is 155 Å². The number of anilines is 2. The van der Waals surface area contributed by atoms with Gasteiger partial charge >= 0.3 is 0 Å². The quantitative estimate of drug-likeness (QED) is 0.641. The molecule has 0 fully saturated rings. The van der Waals surface area contributed by atoms with Crippen LogP contribution in [0.1, 0.15) is 26.4 Å².